The smallest absolute Gasteiger partial charge is 0.244 e. The SMILES string of the molecule is Cc1cccc(C)c1N(CC(=O)N(Cc1cccc(Br)c1)[C@@H](Cc1ccccc1)C(=O)NC1CCCC1)S(C)(=O)=O. The Morgan fingerprint density at radius 1 is 0.927 bits per heavy atom. The number of anilines is 1. The second-order valence-corrected chi connectivity index (χ2v) is 13.7. The van der Waals surface area contributed by atoms with E-state index in [1.165, 1.54) is 4.31 Å². The molecule has 218 valence electrons. The van der Waals surface area contributed by atoms with E-state index in [0.29, 0.717) is 12.1 Å². The molecule has 0 spiro atoms. The van der Waals surface area contributed by atoms with Crippen molar-refractivity contribution < 1.29 is 18.0 Å². The van der Waals surface area contributed by atoms with Crippen LogP contribution in [0.5, 0.6) is 0 Å². The molecule has 1 N–H and O–H groups in total. The molecule has 41 heavy (non-hydrogen) atoms. The zero-order valence-corrected chi connectivity index (χ0v) is 26.2. The summed E-state index contributed by atoms with van der Waals surface area (Å²) >= 11 is 3.51. The molecule has 3 aromatic rings. The first kappa shape index (κ1) is 30.8. The number of carbonyl (C=O) groups is 2. The second kappa shape index (κ2) is 13.7. The van der Waals surface area contributed by atoms with E-state index in [0.717, 1.165) is 58.7 Å². The van der Waals surface area contributed by atoms with Crippen LogP contribution < -0.4 is 9.62 Å². The minimum absolute atomic E-state index is 0.0748. The predicted molar refractivity (Wildman–Crippen MR) is 167 cm³/mol. The van der Waals surface area contributed by atoms with Gasteiger partial charge in [0, 0.05) is 23.5 Å². The highest BCUT2D eigenvalue weighted by Crippen LogP contribution is 2.28. The second-order valence-electron chi connectivity index (χ2n) is 10.9. The Morgan fingerprint density at radius 2 is 1.54 bits per heavy atom. The van der Waals surface area contributed by atoms with Gasteiger partial charge in [0.25, 0.3) is 0 Å². The van der Waals surface area contributed by atoms with Gasteiger partial charge in [0.15, 0.2) is 0 Å². The summed E-state index contributed by atoms with van der Waals surface area (Å²) in [7, 11) is -3.82. The van der Waals surface area contributed by atoms with E-state index >= 15 is 0 Å². The molecular formula is C32H38BrN3O4S. The van der Waals surface area contributed by atoms with Crippen molar-refractivity contribution in [1.29, 1.82) is 0 Å². The van der Waals surface area contributed by atoms with E-state index < -0.39 is 28.5 Å². The van der Waals surface area contributed by atoms with Crippen molar-refractivity contribution in [1.82, 2.24) is 10.2 Å². The highest BCUT2D eigenvalue weighted by Gasteiger charge is 2.34. The molecule has 0 aromatic heterocycles. The summed E-state index contributed by atoms with van der Waals surface area (Å²) in [5, 5.41) is 3.19. The Labute approximate surface area is 252 Å². The maximum atomic E-state index is 14.3. The summed E-state index contributed by atoms with van der Waals surface area (Å²) < 4.78 is 28.2. The Balaban J connectivity index is 1.75. The summed E-state index contributed by atoms with van der Waals surface area (Å²) in [5.41, 5.74) is 3.74. The molecule has 0 bridgehead atoms. The van der Waals surface area contributed by atoms with Gasteiger partial charge in [0.2, 0.25) is 21.8 Å². The van der Waals surface area contributed by atoms with Crippen LogP contribution in [-0.4, -0.2) is 50.0 Å². The Hall–Kier alpha value is -3.17. The number of rotatable bonds is 11. The Kier molecular flexibility index (Phi) is 10.3. The maximum Gasteiger partial charge on any atom is 0.244 e. The lowest BCUT2D eigenvalue weighted by molar-refractivity contribution is -0.140. The zero-order chi connectivity index (χ0) is 29.6. The third-order valence-electron chi connectivity index (χ3n) is 7.58. The van der Waals surface area contributed by atoms with Crippen LogP contribution in [0.2, 0.25) is 0 Å². The molecule has 1 aliphatic carbocycles. The number of nitrogens with zero attached hydrogens (tertiary/aromatic N) is 2. The van der Waals surface area contributed by atoms with Crippen molar-refractivity contribution in [3.63, 3.8) is 0 Å². The molecular weight excluding hydrogens is 602 g/mol. The van der Waals surface area contributed by atoms with Crippen molar-refractivity contribution in [2.45, 2.75) is 64.6 Å². The van der Waals surface area contributed by atoms with Crippen molar-refractivity contribution in [2.24, 2.45) is 0 Å². The van der Waals surface area contributed by atoms with E-state index in [4.69, 9.17) is 0 Å². The lowest BCUT2D eigenvalue weighted by Crippen LogP contribution is -2.54. The first-order chi connectivity index (χ1) is 19.5. The molecule has 1 saturated carbocycles. The average Bonchev–Trinajstić information content (AvgIpc) is 3.43. The van der Waals surface area contributed by atoms with Gasteiger partial charge < -0.3 is 10.2 Å². The molecule has 1 aliphatic rings. The van der Waals surface area contributed by atoms with Crippen molar-refractivity contribution >= 4 is 43.5 Å². The van der Waals surface area contributed by atoms with Gasteiger partial charge >= 0.3 is 0 Å². The average molecular weight is 641 g/mol. The Bertz CT molecular complexity index is 1450. The van der Waals surface area contributed by atoms with Gasteiger partial charge in [-0.1, -0.05) is 89.4 Å². The number of nitrogens with one attached hydrogen (secondary N) is 1. The monoisotopic (exact) mass is 639 g/mol. The quantitative estimate of drug-likeness (QED) is 0.299. The normalized spacial score (nSPS) is 14.4. The predicted octanol–water partition coefficient (Wildman–Crippen LogP) is 5.53. The Morgan fingerprint density at radius 3 is 2.15 bits per heavy atom. The summed E-state index contributed by atoms with van der Waals surface area (Å²) in [6, 6.07) is 22.0. The van der Waals surface area contributed by atoms with Gasteiger partial charge in [-0.3, -0.25) is 13.9 Å². The van der Waals surface area contributed by atoms with Crippen LogP contribution in [0.3, 0.4) is 0 Å². The summed E-state index contributed by atoms with van der Waals surface area (Å²) in [4.78, 5) is 29.8. The van der Waals surface area contributed by atoms with Gasteiger partial charge in [-0.2, -0.15) is 0 Å². The van der Waals surface area contributed by atoms with Gasteiger partial charge in [-0.15, -0.1) is 0 Å². The number of sulfonamides is 1. The molecule has 3 aromatic carbocycles. The fraction of sp³-hybridized carbons (Fsp3) is 0.375. The molecule has 1 fully saturated rings. The highest BCUT2D eigenvalue weighted by atomic mass is 79.9. The number of hydrogen-bond acceptors (Lipinski definition) is 4. The van der Waals surface area contributed by atoms with Crippen LogP contribution in [0.25, 0.3) is 0 Å². The molecule has 0 saturated heterocycles. The standard InChI is InChI=1S/C32H38BrN3O4S/c1-23-11-9-12-24(2)31(23)36(41(3,39)40)22-30(37)35(21-26-15-10-16-27(33)19-26)29(20-25-13-5-4-6-14-25)32(38)34-28-17-7-8-18-28/h4-6,9-16,19,28-29H,7-8,17-18,20-22H2,1-3H3,(H,34,38)/t29-/m0/s1. The van der Waals surface area contributed by atoms with Crippen molar-refractivity contribution in [2.75, 3.05) is 17.1 Å². The molecule has 0 unspecified atom stereocenters. The number of para-hydroxylation sites is 1. The zero-order valence-electron chi connectivity index (χ0n) is 23.8. The minimum atomic E-state index is -3.82. The summed E-state index contributed by atoms with van der Waals surface area (Å²) in [6.07, 6.45) is 5.37. The maximum absolute atomic E-state index is 14.3. The highest BCUT2D eigenvalue weighted by molar-refractivity contribution is 9.10. The molecule has 9 heteroatoms. The lowest BCUT2D eigenvalue weighted by Gasteiger charge is -2.34. The molecule has 0 radical (unpaired) electrons. The molecule has 2 amide bonds. The van der Waals surface area contributed by atoms with E-state index in [1.807, 2.05) is 86.6 Å². The van der Waals surface area contributed by atoms with E-state index in [2.05, 4.69) is 21.2 Å². The van der Waals surface area contributed by atoms with E-state index in [9.17, 15) is 18.0 Å². The van der Waals surface area contributed by atoms with Crippen LogP contribution in [0, 0.1) is 13.8 Å². The van der Waals surface area contributed by atoms with Gasteiger partial charge in [-0.25, -0.2) is 8.42 Å². The number of amides is 2. The summed E-state index contributed by atoms with van der Waals surface area (Å²) in [5.74, 6) is -0.664. The van der Waals surface area contributed by atoms with Crippen LogP contribution in [0.1, 0.15) is 47.9 Å². The number of halogens is 1. The first-order valence-corrected chi connectivity index (χ1v) is 16.6. The van der Waals surface area contributed by atoms with Crippen molar-refractivity contribution in [3.8, 4) is 0 Å². The molecule has 7 nitrogen and oxygen atoms in total. The van der Waals surface area contributed by atoms with Crippen LogP contribution in [0.15, 0.2) is 77.3 Å². The molecule has 1 atom stereocenters. The van der Waals surface area contributed by atoms with Crippen molar-refractivity contribution in [3.05, 3.63) is 99.5 Å². The fourth-order valence-corrected chi connectivity index (χ4v) is 6.94. The topological polar surface area (TPSA) is 86.8 Å². The fourth-order valence-electron chi connectivity index (χ4n) is 5.53. The summed E-state index contributed by atoms with van der Waals surface area (Å²) in [6.45, 7) is 3.40. The molecule has 4 rings (SSSR count). The van der Waals surface area contributed by atoms with E-state index in [-0.39, 0.29) is 18.5 Å². The third-order valence-corrected chi connectivity index (χ3v) is 9.19. The van der Waals surface area contributed by atoms with Gasteiger partial charge in [0.1, 0.15) is 12.6 Å². The third kappa shape index (κ3) is 8.20. The van der Waals surface area contributed by atoms with E-state index in [1.54, 1.807) is 4.90 Å². The number of hydrogen-bond donors (Lipinski definition) is 1. The molecule has 0 heterocycles. The van der Waals surface area contributed by atoms with Crippen LogP contribution in [0.4, 0.5) is 5.69 Å². The van der Waals surface area contributed by atoms with Crippen LogP contribution >= 0.6 is 15.9 Å². The number of aryl methyl sites for hydroxylation is 2. The number of carbonyl (C=O) groups excluding carboxylic acids is 2. The first-order valence-electron chi connectivity index (χ1n) is 13.9. The molecule has 0 aliphatic heterocycles. The lowest BCUT2D eigenvalue weighted by atomic mass is 10.0. The van der Waals surface area contributed by atoms with Gasteiger partial charge in [0.05, 0.1) is 11.9 Å². The minimum Gasteiger partial charge on any atom is -0.352 e. The van der Waals surface area contributed by atoms with Gasteiger partial charge in [-0.05, 0) is 61.1 Å². The number of benzene rings is 3. The largest absolute Gasteiger partial charge is 0.352 e. The van der Waals surface area contributed by atoms with Crippen LogP contribution in [-0.2, 0) is 32.6 Å².